The van der Waals surface area contributed by atoms with Crippen LogP contribution in [0.3, 0.4) is 0 Å². The van der Waals surface area contributed by atoms with Crippen molar-refractivity contribution in [3.63, 3.8) is 0 Å². The summed E-state index contributed by atoms with van der Waals surface area (Å²) in [6, 6.07) is 13.7. The molecule has 26 heavy (non-hydrogen) atoms. The van der Waals surface area contributed by atoms with E-state index in [9.17, 15) is 9.18 Å². The highest BCUT2D eigenvalue weighted by Crippen LogP contribution is 2.27. The van der Waals surface area contributed by atoms with Crippen molar-refractivity contribution in [3.05, 3.63) is 59.9 Å². The quantitative estimate of drug-likeness (QED) is 0.819. The van der Waals surface area contributed by atoms with Crippen molar-refractivity contribution in [2.24, 2.45) is 5.92 Å². The second-order valence-corrected chi connectivity index (χ2v) is 6.36. The van der Waals surface area contributed by atoms with Crippen LogP contribution in [0, 0.1) is 11.7 Å². The van der Waals surface area contributed by atoms with E-state index in [2.05, 4.69) is 10.6 Å². The standard InChI is InChI=1S/C20H23FN2O2.ClH/c1-14(23-20(24)15-9-11-22-12-10-15)16-7-8-19(18(21)13-16)25-17-5-3-2-4-6-17;/h2-8,13-15,22H,9-12H2,1H3,(H,23,24);1H. The second kappa shape index (κ2) is 9.55. The number of benzene rings is 2. The minimum atomic E-state index is -0.440. The van der Waals surface area contributed by atoms with Crippen molar-refractivity contribution in [2.45, 2.75) is 25.8 Å². The molecule has 4 nitrogen and oxygen atoms in total. The molecule has 1 heterocycles. The Hall–Kier alpha value is -2.11. The molecule has 0 spiro atoms. The molecule has 2 aromatic rings. The minimum absolute atomic E-state index is 0. The van der Waals surface area contributed by atoms with Gasteiger partial charge in [-0.15, -0.1) is 12.4 Å². The maximum absolute atomic E-state index is 14.3. The average molecular weight is 379 g/mol. The van der Waals surface area contributed by atoms with Crippen LogP contribution in [0.4, 0.5) is 4.39 Å². The van der Waals surface area contributed by atoms with Crippen LogP contribution >= 0.6 is 12.4 Å². The zero-order chi connectivity index (χ0) is 17.6. The molecule has 1 fully saturated rings. The predicted octanol–water partition coefficient (Wildman–Crippen LogP) is 4.22. The Balaban J connectivity index is 0.00000243. The van der Waals surface area contributed by atoms with Gasteiger partial charge in [0, 0.05) is 5.92 Å². The van der Waals surface area contributed by atoms with Gasteiger partial charge < -0.3 is 15.4 Å². The van der Waals surface area contributed by atoms with Crippen LogP contribution in [0.1, 0.15) is 31.4 Å². The topological polar surface area (TPSA) is 50.4 Å². The molecule has 0 radical (unpaired) electrons. The van der Waals surface area contributed by atoms with Gasteiger partial charge >= 0.3 is 0 Å². The third-order valence-corrected chi connectivity index (χ3v) is 4.50. The summed E-state index contributed by atoms with van der Waals surface area (Å²) >= 11 is 0. The van der Waals surface area contributed by atoms with Crippen molar-refractivity contribution < 1.29 is 13.9 Å². The summed E-state index contributed by atoms with van der Waals surface area (Å²) in [4.78, 5) is 12.3. The van der Waals surface area contributed by atoms with Gasteiger partial charge in [-0.1, -0.05) is 24.3 Å². The first-order valence-corrected chi connectivity index (χ1v) is 8.67. The molecule has 2 aromatic carbocycles. The fraction of sp³-hybridized carbons (Fsp3) is 0.350. The number of piperidine rings is 1. The Bertz CT molecular complexity index is 721. The maximum Gasteiger partial charge on any atom is 0.223 e. The summed E-state index contributed by atoms with van der Waals surface area (Å²) in [7, 11) is 0. The van der Waals surface area contributed by atoms with E-state index < -0.39 is 5.82 Å². The highest BCUT2D eigenvalue weighted by molar-refractivity contribution is 5.85. The van der Waals surface area contributed by atoms with E-state index in [1.165, 1.54) is 6.07 Å². The van der Waals surface area contributed by atoms with Gasteiger partial charge in [-0.25, -0.2) is 4.39 Å². The molecule has 0 saturated carbocycles. The molecule has 3 rings (SSSR count). The maximum atomic E-state index is 14.3. The van der Waals surface area contributed by atoms with Crippen LogP contribution in [0.25, 0.3) is 0 Å². The molecule has 1 atom stereocenters. The van der Waals surface area contributed by atoms with Gasteiger partial charge in [-0.2, -0.15) is 0 Å². The summed E-state index contributed by atoms with van der Waals surface area (Å²) in [6.45, 7) is 3.60. The number of hydrogen-bond acceptors (Lipinski definition) is 3. The van der Waals surface area contributed by atoms with Crippen molar-refractivity contribution in [1.82, 2.24) is 10.6 Å². The van der Waals surface area contributed by atoms with Crippen LogP contribution < -0.4 is 15.4 Å². The Morgan fingerprint density at radius 3 is 2.54 bits per heavy atom. The van der Waals surface area contributed by atoms with Gasteiger partial charge in [0.05, 0.1) is 6.04 Å². The summed E-state index contributed by atoms with van der Waals surface area (Å²) in [5.74, 6) is 0.394. The van der Waals surface area contributed by atoms with E-state index in [1.807, 2.05) is 25.1 Å². The second-order valence-electron chi connectivity index (χ2n) is 6.36. The van der Waals surface area contributed by atoms with Gasteiger partial charge in [0.2, 0.25) is 5.91 Å². The number of nitrogens with one attached hydrogen (secondary N) is 2. The SMILES string of the molecule is CC(NC(=O)C1CCNCC1)c1ccc(Oc2ccccc2)c(F)c1.Cl. The lowest BCUT2D eigenvalue weighted by Crippen LogP contribution is -2.39. The third kappa shape index (κ3) is 5.19. The monoisotopic (exact) mass is 378 g/mol. The number of hydrogen-bond donors (Lipinski definition) is 2. The van der Waals surface area contributed by atoms with Crippen LogP contribution in [-0.2, 0) is 4.79 Å². The minimum Gasteiger partial charge on any atom is -0.454 e. The molecule has 1 aliphatic rings. The fourth-order valence-electron chi connectivity index (χ4n) is 2.98. The van der Waals surface area contributed by atoms with Crippen molar-refractivity contribution in [1.29, 1.82) is 0 Å². The molecule has 1 unspecified atom stereocenters. The molecule has 6 heteroatoms. The Kier molecular flexibility index (Phi) is 7.42. The van der Waals surface area contributed by atoms with E-state index in [1.54, 1.807) is 24.3 Å². The van der Waals surface area contributed by atoms with Crippen LogP contribution in [0.5, 0.6) is 11.5 Å². The van der Waals surface area contributed by atoms with Gasteiger partial charge in [0.1, 0.15) is 5.75 Å². The number of rotatable bonds is 5. The van der Waals surface area contributed by atoms with Gasteiger partial charge in [0.25, 0.3) is 0 Å². The lowest BCUT2D eigenvalue weighted by atomic mass is 9.96. The average Bonchev–Trinajstić information content (AvgIpc) is 2.65. The molecule has 1 amide bonds. The Morgan fingerprint density at radius 2 is 1.88 bits per heavy atom. The Labute approximate surface area is 159 Å². The zero-order valence-corrected chi connectivity index (χ0v) is 15.5. The smallest absolute Gasteiger partial charge is 0.223 e. The normalized spacial score (nSPS) is 15.6. The number of carbonyl (C=O) groups excluding carboxylic acids is 1. The van der Waals surface area contributed by atoms with E-state index in [4.69, 9.17) is 4.74 Å². The van der Waals surface area contributed by atoms with Crippen molar-refractivity contribution in [3.8, 4) is 11.5 Å². The third-order valence-electron chi connectivity index (χ3n) is 4.50. The zero-order valence-electron chi connectivity index (χ0n) is 14.7. The van der Waals surface area contributed by atoms with Gasteiger partial charge in [0.15, 0.2) is 11.6 Å². The number of ether oxygens (including phenoxy) is 1. The molecule has 0 bridgehead atoms. The number of para-hydroxylation sites is 1. The number of carbonyl (C=O) groups is 1. The van der Waals surface area contributed by atoms with Crippen molar-refractivity contribution in [2.75, 3.05) is 13.1 Å². The molecule has 0 aliphatic carbocycles. The molecular weight excluding hydrogens is 355 g/mol. The molecule has 2 N–H and O–H groups in total. The first-order chi connectivity index (χ1) is 12.1. The fourth-order valence-corrected chi connectivity index (χ4v) is 2.98. The van der Waals surface area contributed by atoms with Crippen LogP contribution in [-0.4, -0.2) is 19.0 Å². The molecule has 1 saturated heterocycles. The first kappa shape index (κ1) is 20.2. The van der Waals surface area contributed by atoms with Crippen LogP contribution in [0.2, 0.25) is 0 Å². The lowest BCUT2D eigenvalue weighted by molar-refractivity contribution is -0.126. The highest BCUT2D eigenvalue weighted by atomic mass is 35.5. The molecule has 0 aromatic heterocycles. The predicted molar refractivity (Wildman–Crippen MR) is 102 cm³/mol. The summed E-state index contributed by atoms with van der Waals surface area (Å²) < 4.78 is 19.9. The molecule has 140 valence electrons. The van der Waals surface area contributed by atoms with Crippen molar-refractivity contribution >= 4 is 18.3 Å². The van der Waals surface area contributed by atoms with E-state index in [0.717, 1.165) is 31.5 Å². The summed E-state index contributed by atoms with van der Waals surface area (Å²) in [5, 5.41) is 6.23. The van der Waals surface area contributed by atoms with Gasteiger partial charge in [-0.3, -0.25) is 4.79 Å². The van der Waals surface area contributed by atoms with Crippen LogP contribution in [0.15, 0.2) is 48.5 Å². The molecule has 1 aliphatic heterocycles. The molecular formula is C20H24ClFN2O2. The largest absolute Gasteiger partial charge is 0.454 e. The van der Waals surface area contributed by atoms with E-state index in [-0.39, 0.29) is 36.0 Å². The number of amides is 1. The van der Waals surface area contributed by atoms with E-state index >= 15 is 0 Å². The van der Waals surface area contributed by atoms with Gasteiger partial charge in [-0.05, 0) is 62.7 Å². The Morgan fingerprint density at radius 1 is 1.19 bits per heavy atom. The van der Waals surface area contributed by atoms with E-state index in [0.29, 0.717) is 5.75 Å². The highest BCUT2D eigenvalue weighted by Gasteiger charge is 2.22. The summed E-state index contributed by atoms with van der Waals surface area (Å²) in [5.41, 5.74) is 0.722. The number of halogens is 2. The first-order valence-electron chi connectivity index (χ1n) is 8.67. The lowest BCUT2D eigenvalue weighted by Gasteiger charge is -2.24. The summed E-state index contributed by atoms with van der Waals surface area (Å²) in [6.07, 6.45) is 1.69.